The van der Waals surface area contributed by atoms with E-state index < -0.39 is 0 Å². The van der Waals surface area contributed by atoms with Gasteiger partial charge in [-0.15, -0.1) is 0 Å². The number of hydrogen-bond acceptors (Lipinski definition) is 4. The molecule has 1 aliphatic heterocycles. The van der Waals surface area contributed by atoms with E-state index in [-0.39, 0.29) is 12.6 Å². The van der Waals surface area contributed by atoms with Crippen molar-refractivity contribution in [1.82, 2.24) is 0 Å². The zero-order chi connectivity index (χ0) is 11.5. The van der Waals surface area contributed by atoms with Crippen LogP contribution in [-0.4, -0.2) is 31.4 Å². The molecule has 0 saturated heterocycles. The van der Waals surface area contributed by atoms with Crippen LogP contribution in [0.1, 0.15) is 12.0 Å². The molecule has 1 heterocycles. The number of hydrogen-bond donors (Lipinski definition) is 1. The molecule has 1 atom stereocenters. The molecule has 0 aliphatic carbocycles. The maximum atomic E-state index is 8.96. The summed E-state index contributed by atoms with van der Waals surface area (Å²) in [6.07, 6.45) is 0.673. The van der Waals surface area contributed by atoms with Gasteiger partial charge in [-0.3, -0.25) is 0 Å². The molecular formula is C12H14N2O2. The lowest BCUT2D eigenvalue weighted by molar-refractivity contribution is 0.219. The third-order valence-corrected chi connectivity index (χ3v) is 2.92. The predicted molar refractivity (Wildman–Crippen MR) is 60.5 cm³/mol. The highest BCUT2D eigenvalue weighted by Crippen LogP contribution is 2.36. The second-order valence-corrected chi connectivity index (χ2v) is 3.85. The van der Waals surface area contributed by atoms with Crippen molar-refractivity contribution >= 4 is 5.69 Å². The largest absolute Gasteiger partial charge is 0.488 e. The Hall–Kier alpha value is -1.73. The molecule has 1 N–H and O–H groups in total. The first-order chi connectivity index (χ1) is 7.77. The van der Waals surface area contributed by atoms with Crippen molar-refractivity contribution in [3.05, 3.63) is 23.8 Å². The Morgan fingerprint density at radius 3 is 3.12 bits per heavy atom. The monoisotopic (exact) mass is 218 g/mol. The van der Waals surface area contributed by atoms with Gasteiger partial charge in [0, 0.05) is 13.7 Å². The molecule has 4 nitrogen and oxygen atoms in total. The number of aliphatic hydroxyl groups excluding tert-OH is 1. The minimum Gasteiger partial charge on any atom is -0.488 e. The number of likely N-dealkylation sites (N-methyl/N-ethyl adjacent to an activating group) is 1. The van der Waals surface area contributed by atoms with E-state index in [1.807, 2.05) is 19.2 Å². The SMILES string of the molecule is CN1c2cccc(C#N)c2OCC1CCO. The summed E-state index contributed by atoms with van der Waals surface area (Å²) in [5.41, 5.74) is 1.48. The average molecular weight is 218 g/mol. The van der Waals surface area contributed by atoms with Crippen LogP contribution in [0.4, 0.5) is 5.69 Å². The standard InChI is InChI=1S/C12H14N2O2/c1-14-10(5-6-15)8-16-12-9(7-13)3-2-4-11(12)14/h2-4,10,15H,5-6,8H2,1H3. The summed E-state index contributed by atoms with van der Waals surface area (Å²) in [4.78, 5) is 2.07. The van der Waals surface area contributed by atoms with E-state index >= 15 is 0 Å². The Morgan fingerprint density at radius 2 is 2.44 bits per heavy atom. The van der Waals surface area contributed by atoms with Gasteiger partial charge in [-0.25, -0.2) is 0 Å². The number of ether oxygens (including phenoxy) is 1. The van der Waals surface area contributed by atoms with Gasteiger partial charge >= 0.3 is 0 Å². The van der Waals surface area contributed by atoms with Gasteiger partial charge in [-0.2, -0.15) is 5.26 Å². The van der Waals surface area contributed by atoms with Gasteiger partial charge in [0.25, 0.3) is 0 Å². The third-order valence-electron chi connectivity index (χ3n) is 2.92. The van der Waals surface area contributed by atoms with Crippen molar-refractivity contribution in [2.75, 3.05) is 25.2 Å². The molecule has 84 valence electrons. The molecule has 2 rings (SSSR count). The van der Waals surface area contributed by atoms with Crippen LogP contribution in [0, 0.1) is 11.3 Å². The molecule has 0 bridgehead atoms. The summed E-state index contributed by atoms with van der Waals surface area (Å²) >= 11 is 0. The van der Waals surface area contributed by atoms with Crippen LogP contribution in [0.3, 0.4) is 0 Å². The fourth-order valence-electron chi connectivity index (χ4n) is 1.96. The Bertz CT molecular complexity index is 426. The highest BCUT2D eigenvalue weighted by atomic mass is 16.5. The number of benzene rings is 1. The van der Waals surface area contributed by atoms with Crippen LogP contribution in [0.15, 0.2) is 18.2 Å². The van der Waals surface area contributed by atoms with Gasteiger partial charge < -0.3 is 14.7 Å². The summed E-state index contributed by atoms with van der Waals surface area (Å²) in [6.45, 7) is 0.661. The first-order valence-corrected chi connectivity index (χ1v) is 5.27. The number of para-hydroxylation sites is 1. The second-order valence-electron chi connectivity index (χ2n) is 3.85. The summed E-state index contributed by atoms with van der Waals surface area (Å²) in [7, 11) is 1.96. The van der Waals surface area contributed by atoms with E-state index in [4.69, 9.17) is 15.1 Å². The minimum absolute atomic E-state index is 0.144. The van der Waals surface area contributed by atoms with Crippen molar-refractivity contribution in [2.24, 2.45) is 0 Å². The van der Waals surface area contributed by atoms with Crippen LogP contribution < -0.4 is 9.64 Å². The van der Waals surface area contributed by atoms with E-state index in [0.717, 1.165) is 5.69 Å². The molecule has 1 unspecified atom stereocenters. The summed E-state index contributed by atoms with van der Waals surface area (Å²) in [5.74, 6) is 0.654. The zero-order valence-corrected chi connectivity index (χ0v) is 9.18. The number of nitriles is 1. The van der Waals surface area contributed by atoms with Gasteiger partial charge in [-0.05, 0) is 18.6 Å². The number of nitrogens with zero attached hydrogens (tertiary/aromatic N) is 2. The highest BCUT2D eigenvalue weighted by molar-refractivity contribution is 5.66. The van der Waals surface area contributed by atoms with Gasteiger partial charge in [0.1, 0.15) is 12.7 Å². The Labute approximate surface area is 94.7 Å². The number of aliphatic hydroxyl groups is 1. The van der Waals surface area contributed by atoms with Crippen LogP contribution in [-0.2, 0) is 0 Å². The van der Waals surface area contributed by atoms with Crippen LogP contribution >= 0.6 is 0 Å². The van der Waals surface area contributed by atoms with Crippen molar-refractivity contribution in [3.63, 3.8) is 0 Å². The topological polar surface area (TPSA) is 56.5 Å². The molecule has 4 heteroatoms. The van der Waals surface area contributed by atoms with Crippen LogP contribution in [0.5, 0.6) is 5.75 Å². The smallest absolute Gasteiger partial charge is 0.160 e. The Morgan fingerprint density at radius 1 is 1.62 bits per heavy atom. The molecule has 0 amide bonds. The van der Waals surface area contributed by atoms with Crippen molar-refractivity contribution < 1.29 is 9.84 Å². The lowest BCUT2D eigenvalue weighted by atomic mass is 10.1. The highest BCUT2D eigenvalue weighted by Gasteiger charge is 2.25. The predicted octanol–water partition coefficient (Wildman–Crippen LogP) is 1.14. The maximum Gasteiger partial charge on any atom is 0.160 e. The van der Waals surface area contributed by atoms with Gasteiger partial charge in [0.05, 0.1) is 17.3 Å². The van der Waals surface area contributed by atoms with Crippen molar-refractivity contribution in [3.8, 4) is 11.8 Å². The van der Waals surface area contributed by atoms with Crippen molar-refractivity contribution in [2.45, 2.75) is 12.5 Å². The number of fused-ring (bicyclic) bond motifs is 1. The van der Waals surface area contributed by atoms with Gasteiger partial charge in [0.15, 0.2) is 5.75 Å². The molecule has 0 fully saturated rings. The number of rotatable bonds is 2. The fourth-order valence-corrected chi connectivity index (χ4v) is 1.96. The lowest BCUT2D eigenvalue weighted by Gasteiger charge is -2.35. The Balaban J connectivity index is 2.35. The summed E-state index contributed by atoms with van der Waals surface area (Å²) in [6, 6.07) is 7.82. The molecule has 0 spiro atoms. The molecule has 0 aromatic heterocycles. The zero-order valence-electron chi connectivity index (χ0n) is 9.18. The minimum atomic E-state index is 0.144. The second kappa shape index (κ2) is 4.42. The van der Waals surface area contributed by atoms with E-state index in [0.29, 0.717) is 24.3 Å². The summed E-state index contributed by atoms with van der Waals surface area (Å²) in [5, 5.41) is 17.9. The maximum absolute atomic E-state index is 8.96. The first-order valence-electron chi connectivity index (χ1n) is 5.27. The molecule has 1 aliphatic rings. The van der Waals surface area contributed by atoms with E-state index in [1.54, 1.807) is 6.07 Å². The van der Waals surface area contributed by atoms with E-state index in [9.17, 15) is 0 Å². The van der Waals surface area contributed by atoms with E-state index in [1.165, 1.54) is 0 Å². The normalized spacial score (nSPS) is 18.6. The van der Waals surface area contributed by atoms with Gasteiger partial charge in [0.2, 0.25) is 0 Å². The first kappa shape index (κ1) is 10.8. The average Bonchev–Trinajstić information content (AvgIpc) is 2.32. The van der Waals surface area contributed by atoms with Crippen LogP contribution in [0.2, 0.25) is 0 Å². The summed E-state index contributed by atoms with van der Waals surface area (Å²) < 4.78 is 5.61. The fraction of sp³-hybridized carbons (Fsp3) is 0.417. The molecule has 0 saturated carbocycles. The lowest BCUT2D eigenvalue weighted by Crippen LogP contribution is -2.41. The molecule has 1 aromatic rings. The molecule has 0 radical (unpaired) electrons. The third kappa shape index (κ3) is 1.70. The number of anilines is 1. The Kier molecular flexibility index (Phi) is 2.97. The van der Waals surface area contributed by atoms with Gasteiger partial charge in [-0.1, -0.05) is 6.07 Å². The molecule has 16 heavy (non-hydrogen) atoms. The van der Waals surface area contributed by atoms with Crippen LogP contribution in [0.25, 0.3) is 0 Å². The quantitative estimate of drug-likeness (QED) is 0.808. The molecule has 1 aromatic carbocycles. The van der Waals surface area contributed by atoms with Crippen molar-refractivity contribution in [1.29, 1.82) is 5.26 Å². The molecular weight excluding hydrogens is 204 g/mol. The van der Waals surface area contributed by atoms with E-state index in [2.05, 4.69) is 11.0 Å².